The Morgan fingerprint density at radius 2 is 1.65 bits per heavy atom. The van der Waals surface area contributed by atoms with Crippen molar-refractivity contribution in [1.82, 2.24) is 0 Å². The molecule has 1 amide bonds. The van der Waals surface area contributed by atoms with Gasteiger partial charge in [0.15, 0.2) is 5.60 Å². The number of nitrogens with one attached hydrogen (secondary N) is 1. The lowest BCUT2D eigenvalue weighted by atomic mass is 9.90. The van der Waals surface area contributed by atoms with E-state index in [1.807, 2.05) is 0 Å². The summed E-state index contributed by atoms with van der Waals surface area (Å²) in [4.78, 5) is 12.1. The summed E-state index contributed by atoms with van der Waals surface area (Å²) in [6.45, 7) is 0.672. The summed E-state index contributed by atoms with van der Waals surface area (Å²) in [6.07, 6.45) is -4.80. The van der Waals surface area contributed by atoms with Crippen LogP contribution in [-0.2, 0) is 5.60 Å². The molecule has 2 rings (SSSR count). The van der Waals surface area contributed by atoms with Crippen LogP contribution in [0.3, 0.4) is 0 Å². The standard InChI is InChI=1S/C16H13BF3NO2/c1-15(23,16(18,19)20)10-6-8-11(9-7-10)21-14(22)12-4-2-3-5-13(12)17/h2-9,23H,1H3,(H,21,22). The average molecular weight is 319 g/mol. The molecule has 23 heavy (non-hydrogen) atoms. The second kappa shape index (κ2) is 6.08. The van der Waals surface area contributed by atoms with E-state index in [9.17, 15) is 23.1 Å². The van der Waals surface area contributed by atoms with E-state index in [1.165, 1.54) is 18.2 Å². The van der Waals surface area contributed by atoms with Gasteiger partial charge in [-0.15, -0.1) is 0 Å². The van der Waals surface area contributed by atoms with Gasteiger partial charge in [0.25, 0.3) is 5.91 Å². The summed E-state index contributed by atoms with van der Waals surface area (Å²) in [5.74, 6) is -0.474. The molecule has 2 aromatic carbocycles. The molecule has 0 fully saturated rings. The zero-order valence-electron chi connectivity index (χ0n) is 12.2. The Balaban J connectivity index is 2.18. The van der Waals surface area contributed by atoms with Gasteiger partial charge in [-0.05, 0) is 24.6 Å². The molecule has 1 unspecified atom stereocenters. The van der Waals surface area contributed by atoms with Crippen molar-refractivity contribution in [2.75, 3.05) is 5.32 Å². The average Bonchev–Trinajstić information content (AvgIpc) is 2.47. The summed E-state index contributed by atoms with van der Waals surface area (Å²) in [5.41, 5.74) is -2.43. The SMILES string of the molecule is [B]c1ccccc1C(=O)Nc1ccc(C(C)(O)C(F)(F)F)cc1. The molecule has 2 radical (unpaired) electrons. The van der Waals surface area contributed by atoms with Crippen molar-refractivity contribution < 1.29 is 23.1 Å². The van der Waals surface area contributed by atoms with Gasteiger partial charge in [-0.2, -0.15) is 13.2 Å². The van der Waals surface area contributed by atoms with Crippen LogP contribution >= 0.6 is 0 Å². The van der Waals surface area contributed by atoms with Crippen molar-refractivity contribution in [1.29, 1.82) is 0 Å². The number of alkyl halides is 3. The third-order valence-electron chi connectivity index (χ3n) is 3.46. The largest absolute Gasteiger partial charge is 0.421 e. The van der Waals surface area contributed by atoms with Gasteiger partial charge in [-0.25, -0.2) is 0 Å². The Bertz CT molecular complexity index is 712. The lowest BCUT2D eigenvalue weighted by Crippen LogP contribution is -2.39. The number of hydrogen-bond acceptors (Lipinski definition) is 2. The summed E-state index contributed by atoms with van der Waals surface area (Å²) in [5, 5.41) is 12.1. The highest BCUT2D eigenvalue weighted by atomic mass is 19.4. The minimum atomic E-state index is -4.80. The van der Waals surface area contributed by atoms with Gasteiger partial charge in [-0.1, -0.05) is 41.9 Å². The quantitative estimate of drug-likeness (QED) is 0.854. The highest BCUT2D eigenvalue weighted by molar-refractivity contribution is 6.37. The molecule has 0 saturated heterocycles. The first-order chi connectivity index (χ1) is 10.6. The van der Waals surface area contributed by atoms with Crippen LogP contribution in [0.5, 0.6) is 0 Å². The Labute approximate surface area is 132 Å². The highest BCUT2D eigenvalue weighted by Crippen LogP contribution is 2.38. The second-order valence-electron chi connectivity index (χ2n) is 5.19. The van der Waals surface area contributed by atoms with Crippen molar-refractivity contribution >= 4 is 24.9 Å². The topological polar surface area (TPSA) is 49.3 Å². The number of aliphatic hydroxyl groups is 1. The summed E-state index contributed by atoms with van der Waals surface area (Å²) >= 11 is 0. The summed E-state index contributed by atoms with van der Waals surface area (Å²) in [7, 11) is 5.69. The van der Waals surface area contributed by atoms with Crippen molar-refractivity contribution in [3.63, 3.8) is 0 Å². The Kier molecular flexibility index (Phi) is 4.52. The molecule has 0 saturated carbocycles. The third-order valence-corrected chi connectivity index (χ3v) is 3.46. The number of carbonyl (C=O) groups is 1. The van der Waals surface area contributed by atoms with Crippen LogP contribution in [0.15, 0.2) is 48.5 Å². The highest BCUT2D eigenvalue weighted by Gasteiger charge is 2.51. The number of anilines is 1. The molecule has 0 spiro atoms. The van der Waals surface area contributed by atoms with Gasteiger partial charge < -0.3 is 10.4 Å². The fraction of sp³-hybridized carbons (Fsp3) is 0.188. The number of benzene rings is 2. The molecule has 0 aliphatic rings. The Morgan fingerprint density at radius 1 is 1.09 bits per heavy atom. The van der Waals surface area contributed by atoms with E-state index in [2.05, 4.69) is 5.32 Å². The first kappa shape index (κ1) is 17.1. The van der Waals surface area contributed by atoms with Gasteiger partial charge in [0.1, 0.15) is 7.85 Å². The predicted octanol–water partition coefficient (Wildman–Crippen LogP) is 2.50. The van der Waals surface area contributed by atoms with Gasteiger partial charge in [0.2, 0.25) is 0 Å². The molecular formula is C16H13BF3NO2. The van der Waals surface area contributed by atoms with Gasteiger partial charge in [0, 0.05) is 11.3 Å². The number of amides is 1. The third kappa shape index (κ3) is 3.56. The number of carbonyl (C=O) groups excluding carboxylic acids is 1. The fourth-order valence-corrected chi connectivity index (χ4v) is 1.94. The van der Waals surface area contributed by atoms with Gasteiger partial charge in [0.05, 0.1) is 0 Å². The summed E-state index contributed by atoms with van der Waals surface area (Å²) < 4.78 is 38.3. The minimum absolute atomic E-state index is 0.263. The fourth-order valence-electron chi connectivity index (χ4n) is 1.94. The molecule has 0 heterocycles. The lowest BCUT2D eigenvalue weighted by Gasteiger charge is -2.26. The van der Waals surface area contributed by atoms with Crippen molar-refractivity contribution in [3.8, 4) is 0 Å². The lowest BCUT2D eigenvalue weighted by molar-refractivity contribution is -0.258. The molecule has 0 aromatic heterocycles. The molecule has 0 aliphatic heterocycles. The smallest absolute Gasteiger partial charge is 0.376 e. The first-order valence-electron chi connectivity index (χ1n) is 6.68. The van der Waals surface area contributed by atoms with Crippen LogP contribution in [0.2, 0.25) is 0 Å². The van der Waals surface area contributed by atoms with E-state index < -0.39 is 17.7 Å². The van der Waals surface area contributed by atoms with Gasteiger partial charge in [-0.3, -0.25) is 4.79 Å². The molecule has 0 aliphatic carbocycles. The number of halogens is 3. The molecule has 1 atom stereocenters. The maximum atomic E-state index is 12.8. The molecule has 3 nitrogen and oxygen atoms in total. The normalized spacial score (nSPS) is 14.1. The number of rotatable bonds is 3. The van der Waals surface area contributed by atoms with E-state index in [0.717, 1.165) is 12.1 Å². The molecular weight excluding hydrogens is 306 g/mol. The molecule has 2 aromatic rings. The van der Waals surface area contributed by atoms with E-state index in [0.29, 0.717) is 18.1 Å². The van der Waals surface area contributed by atoms with Crippen LogP contribution in [0, 0.1) is 0 Å². The maximum absolute atomic E-state index is 12.8. The van der Waals surface area contributed by atoms with Crippen molar-refractivity contribution in [2.45, 2.75) is 18.7 Å². The van der Waals surface area contributed by atoms with Crippen LogP contribution in [0.4, 0.5) is 18.9 Å². The minimum Gasteiger partial charge on any atom is -0.376 e. The zero-order chi connectivity index (χ0) is 17.3. The van der Waals surface area contributed by atoms with E-state index in [4.69, 9.17) is 7.85 Å². The van der Waals surface area contributed by atoms with Crippen molar-refractivity contribution in [2.24, 2.45) is 0 Å². The Hall–Kier alpha value is -2.28. The van der Waals surface area contributed by atoms with E-state index in [1.54, 1.807) is 18.2 Å². The van der Waals surface area contributed by atoms with E-state index in [-0.39, 0.29) is 11.1 Å². The first-order valence-corrected chi connectivity index (χ1v) is 6.68. The monoisotopic (exact) mass is 319 g/mol. The maximum Gasteiger partial charge on any atom is 0.421 e. The molecule has 7 heteroatoms. The van der Waals surface area contributed by atoms with Gasteiger partial charge >= 0.3 is 6.18 Å². The van der Waals surface area contributed by atoms with Crippen LogP contribution in [0.25, 0.3) is 0 Å². The van der Waals surface area contributed by atoms with Crippen LogP contribution in [-0.4, -0.2) is 25.0 Å². The zero-order valence-corrected chi connectivity index (χ0v) is 12.2. The molecule has 2 N–H and O–H groups in total. The van der Waals surface area contributed by atoms with Crippen LogP contribution in [0.1, 0.15) is 22.8 Å². The summed E-state index contributed by atoms with van der Waals surface area (Å²) in [6, 6.07) is 11.2. The molecule has 118 valence electrons. The van der Waals surface area contributed by atoms with Crippen LogP contribution < -0.4 is 10.8 Å². The predicted molar refractivity (Wildman–Crippen MR) is 81.9 cm³/mol. The number of hydrogen-bond donors (Lipinski definition) is 2. The molecule has 0 bridgehead atoms. The van der Waals surface area contributed by atoms with E-state index >= 15 is 0 Å². The second-order valence-corrected chi connectivity index (χ2v) is 5.19. The van der Waals surface area contributed by atoms with Crippen molar-refractivity contribution in [3.05, 3.63) is 59.7 Å². The Morgan fingerprint density at radius 3 is 2.17 bits per heavy atom.